The van der Waals surface area contributed by atoms with E-state index in [1.165, 1.54) is 18.1 Å². The summed E-state index contributed by atoms with van der Waals surface area (Å²) in [5.74, 6) is 3.91. The maximum absolute atomic E-state index is 11.3. The second-order valence-corrected chi connectivity index (χ2v) is 8.87. The normalized spacial score (nSPS) is 25.6. The lowest BCUT2D eigenvalue weighted by Gasteiger charge is -2.56. The molecule has 3 rings (SSSR count). The Kier molecular flexibility index (Phi) is 18.8. The van der Waals surface area contributed by atoms with Gasteiger partial charge in [-0.15, -0.1) is 0 Å². The van der Waals surface area contributed by atoms with Crippen molar-refractivity contribution in [3.8, 4) is 11.5 Å². The molecular formula is C34H58O3. The first-order chi connectivity index (χ1) is 17.7. The zero-order chi connectivity index (χ0) is 29.3. The van der Waals surface area contributed by atoms with E-state index in [0.29, 0.717) is 35.3 Å². The molecule has 0 aromatic heterocycles. The second kappa shape index (κ2) is 18.9. The van der Waals surface area contributed by atoms with Gasteiger partial charge in [-0.3, -0.25) is 4.79 Å². The average molecular weight is 515 g/mol. The maximum Gasteiger partial charge on any atom is 0.308 e. The Balaban J connectivity index is 0. The molecule has 0 bridgehead atoms. The van der Waals surface area contributed by atoms with Crippen molar-refractivity contribution in [2.45, 2.75) is 102 Å². The van der Waals surface area contributed by atoms with Crippen LogP contribution in [-0.2, 0) is 10.2 Å². The molecule has 1 aliphatic rings. The van der Waals surface area contributed by atoms with E-state index in [1.807, 2.05) is 67.5 Å². The summed E-state index contributed by atoms with van der Waals surface area (Å²) in [4.78, 5) is 11.3. The Morgan fingerprint density at radius 1 is 0.595 bits per heavy atom. The van der Waals surface area contributed by atoms with E-state index in [1.54, 1.807) is 7.11 Å². The molecule has 0 N–H and O–H groups in total. The Labute approximate surface area is 230 Å². The van der Waals surface area contributed by atoms with Crippen molar-refractivity contribution in [3.63, 3.8) is 0 Å². The van der Waals surface area contributed by atoms with Gasteiger partial charge in [0.2, 0.25) is 0 Å². The van der Waals surface area contributed by atoms with Crippen LogP contribution < -0.4 is 9.47 Å². The second-order valence-electron chi connectivity index (χ2n) is 8.87. The van der Waals surface area contributed by atoms with Gasteiger partial charge in [0.25, 0.3) is 0 Å². The van der Waals surface area contributed by atoms with Gasteiger partial charge in [0.15, 0.2) is 0 Å². The Bertz CT molecular complexity index is 822. The molecule has 2 aromatic rings. The van der Waals surface area contributed by atoms with Crippen LogP contribution in [0.15, 0.2) is 48.5 Å². The molecule has 3 nitrogen and oxygen atoms in total. The minimum absolute atomic E-state index is 0.119. The van der Waals surface area contributed by atoms with Crippen molar-refractivity contribution in [2.24, 2.45) is 29.6 Å². The smallest absolute Gasteiger partial charge is 0.308 e. The number of hydrogen-bond donors (Lipinski definition) is 0. The van der Waals surface area contributed by atoms with E-state index in [9.17, 15) is 4.79 Å². The monoisotopic (exact) mass is 514 g/mol. The number of carbonyl (C=O) groups is 1. The van der Waals surface area contributed by atoms with Crippen LogP contribution in [0, 0.1) is 29.6 Å². The molecule has 2 aromatic carbocycles. The van der Waals surface area contributed by atoms with Gasteiger partial charge in [-0.25, -0.2) is 0 Å². The van der Waals surface area contributed by atoms with Crippen LogP contribution in [0.3, 0.4) is 0 Å². The standard InChI is InChI=1S/C26H34O3.4C2H6/c1-16-17(2)19(4)26(20(5)18(16)3,22-8-12-24(28-7)13-9-22)23-10-14-25(15-11-23)29-21(6)27;4*1-2/h8-20H,1-7H3;4*1-2H3. The van der Waals surface area contributed by atoms with E-state index >= 15 is 0 Å². The molecule has 0 heterocycles. The fourth-order valence-corrected chi connectivity index (χ4v) is 5.68. The van der Waals surface area contributed by atoms with Gasteiger partial charge >= 0.3 is 5.97 Å². The summed E-state index contributed by atoms with van der Waals surface area (Å²) >= 11 is 0. The third-order valence-electron chi connectivity index (χ3n) is 7.83. The molecule has 0 spiro atoms. The Morgan fingerprint density at radius 3 is 1.22 bits per heavy atom. The van der Waals surface area contributed by atoms with Crippen LogP contribution in [0.2, 0.25) is 0 Å². The lowest BCUT2D eigenvalue weighted by Crippen LogP contribution is -2.53. The quantitative estimate of drug-likeness (QED) is 0.301. The highest BCUT2D eigenvalue weighted by molar-refractivity contribution is 5.69. The maximum atomic E-state index is 11.3. The van der Waals surface area contributed by atoms with Gasteiger partial charge in [-0.05, 0) is 65.0 Å². The molecule has 0 saturated heterocycles. The number of ether oxygens (including phenoxy) is 2. The first-order valence-electron chi connectivity index (χ1n) is 14.7. The molecule has 0 aliphatic heterocycles. The topological polar surface area (TPSA) is 35.5 Å². The van der Waals surface area contributed by atoms with E-state index in [0.717, 1.165) is 5.75 Å². The third-order valence-corrected chi connectivity index (χ3v) is 7.83. The number of methoxy groups -OCH3 is 1. The van der Waals surface area contributed by atoms with E-state index in [2.05, 4.69) is 71.0 Å². The molecular weight excluding hydrogens is 456 g/mol. The van der Waals surface area contributed by atoms with E-state index in [-0.39, 0.29) is 11.4 Å². The summed E-state index contributed by atoms with van der Waals surface area (Å²) < 4.78 is 10.7. The number of benzene rings is 2. The summed E-state index contributed by atoms with van der Waals surface area (Å²) in [6.07, 6.45) is 0. The minimum atomic E-state index is -0.293. The SMILES string of the molecule is CC.CC.CC.CC.COc1ccc(C2(c3ccc(OC(C)=O)cc3)C(C)C(C)C(C)C(C)C2C)cc1. The highest BCUT2D eigenvalue weighted by Crippen LogP contribution is 2.57. The molecule has 4 atom stereocenters. The van der Waals surface area contributed by atoms with Gasteiger partial charge in [-0.2, -0.15) is 0 Å². The summed E-state index contributed by atoms with van der Waals surface area (Å²) in [6, 6.07) is 16.7. The van der Waals surface area contributed by atoms with Crippen molar-refractivity contribution >= 4 is 5.97 Å². The van der Waals surface area contributed by atoms with Crippen molar-refractivity contribution in [2.75, 3.05) is 7.11 Å². The molecule has 4 unspecified atom stereocenters. The highest BCUT2D eigenvalue weighted by Gasteiger charge is 2.53. The van der Waals surface area contributed by atoms with Crippen LogP contribution in [0.1, 0.15) is 108 Å². The van der Waals surface area contributed by atoms with Crippen LogP contribution in [0.4, 0.5) is 0 Å². The van der Waals surface area contributed by atoms with Crippen LogP contribution in [0.5, 0.6) is 11.5 Å². The molecule has 0 radical (unpaired) electrons. The number of hydrogen-bond acceptors (Lipinski definition) is 3. The van der Waals surface area contributed by atoms with E-state index < -0.39 is 0 Å². The molecule has 1 fully saturated rings. The predicted molar refractivity (Wildman–Crippen MR) is 163 cm³/mol. The first-order valence-corrected chi connectivity index (χ1v) is 14.7. The lowest BCUT2D eigenvalue weighted by molar-refractivity contribution is -0.131. The summed E-state index contributed by atoms with van der Waals surface area (Å²) in [5, 5.41) is 0. The van der Waals surface area contributed by atoms with Gasteiger partial charge in [-0.1, -0.05) is 114 Å². The van der Waals surface area contributed by atoms with Crippen LogP contribution in [-0.4, -0.2) is 13.1 Å². The number of carbonyl (C=O) groups excluding carboxylic acids is 1. The summed E-state index contributed by atoms with van der Waals surface area (Å²) in [7, 11) is 1.70. The van der Waals surface area contributed by atoms with Gasteiger partial charge < -0.3 is 9.47 Å². The zero-order valence-corrected chi connectivity index (χ0v) is 26.7. The Morgan fingerprint density at radius 2 is 0.919 bits per heavy atom. The molecule has 0 amide bonds. The van der Waals surface area contributed by atoms with Crippen molar-refractivity contribution < 1.29 is 14.3 Å². The Hall–Kier alpha value is -2.29. The fraction of sp³-hybridized carbons (Fsp3) is 0.618. The minimum Gasteiger partial charge on any atom is -0.497 e. The van der Waals surface area contributed by atoms with Crippen LogP contribution in [0.25, 0.3) is 0 Å². The lowest BCUT2D eigenvalue weighted by atomic mass is 9.47. The van der Waals surface area contributed by atoms with Crippen molar-refractivity contribution in [1.29, 1.82) is 0 Å². The highest BCUT2D eigenvalue weighted by atomic mass is 16.5. The van der Waals surface area contributed by atoms with Crippen LogP contribution >= 0.6 is 0 Å². The summed E-state index contributed by atoms with van der Waals surface area (Å²) in [5.41, 5.74) is 2.49. The van der Waals surface area contributed by atoms with E-state index in [4.69, 9.17) is 9.47 Å². The number of rotatable bonds is 4. The zero-order valence-electron chi connectivity index (χ0n) is 26.7. The fourth-order valence-electron chi connectivity index (χ4n) is 5.68. The molecule has 37 heavy (non-hydrogen) atoms. The molecule has 3 heteroatoms. The van der Waals surface area contributed by atoms with Gasteiger partial charge in [0.1, 0.15) is 11.5 Å². The number of esters is 1. The van der Waals surface area contributed by atoms with Gasteiger partial charge in [0.05, 0.1) is 7.11 Å². The predicted octanol–water partition coefficient (Wildman–Crippen LogP) is 10.2. The molecule has 212 valence electrons. The molecule has 1 aliphatic carbocycles. The van der Waals surface area contributed by atoms with Crippen molar-refractivity contribution in [3.05, 3.63) is 59.7 Å². The first kappa shape index (κ1) is 36.9. The summed E-state index contributed by atoms with van der Waals surface area (Å²) in [6.45, 7) is 29.4. The average Bonchev–Trinajstić information content (AvgIpc) is 2.96. The molecule has 1 saturated carbocycles. The van der Waals surface area contributed by atoms with Crippen molar-refractivity contribution in [1.82, 2.24) is 0 Å². The largest absolute Gasteiger partial charge is 0.497 e. The van der Waals surface area contributed by atoms with Gasteiger partial charge in [0, 0.05) is 12.3 Å². The third kappa shape index (κ3) is 8.35.